The van der Waals surface area contributed by atoms with Gasteiger partial charge in [-0.05, 0) is 24.5 Å². The van der Waals surface area contributed by atoms with Crippen molar-refractivity contribution in [1.82, 2.24) is 14.8 Å². The highest BCUT2D eigenvalue weighted by molar-refractivity contribution is 6.30. The van der Waals surface area contributed by atoms with Crippen LogP contribution in [0, 0.1) is 0 Å². The summed E-state index contributed by atoms with van der Waals surface area (Å²) in [6.07, 6.45) is 4.41. The summed E-state index contributed by atoms with van der Waals surface area (Å²) >= 11 is 5.97. The number of carbonyl (C=O) groups is 2. The first-order valence-corrected chi connectivity index (χ1v) is 7.44. The summed E-state index contributed by atoms with van der Waals surface area (Å²) in [6.45, 7) is 0. The molecule has 0 N–H and O–H groups in total. The number of aromatic nitrogens is 3. The molecule has 7 nitrogen and oxygen atoms in total. The maximum Gasteiger partial charge on any atom is 0.328 e. The quantitative estimate of drug-likeness (QED) is 0.780. The summed E-state index contributed by atoms with van der Waals surface area (Å²) in [5.41, 5.74) is 1.73. The molecule has 1 atom stereocenters. The minimum absolute atomic E-state index is 0.177. The van der Waals surface area contributed by atoms with Crippen LogP contribution in [-0.2, 0) is 23.0 Å². The van der Waals surface area contributed by atoms with E-state index in [1.165, 1.54) is 22.8 Å². The molecule has 0 bridgehead atoms. The molecular weight excluding hydrogens is 320 g/mol. The van der Waals surface area contributed by atoms with E-state index in [1.54, 1.807) is 25.5 Å². The Labute approximate surface area is 137 Å². The summed E-state index contributed by atoms with van der Waals surface area (Å²) < 4.78 is 6.25. The minimum Gasteiger partial charge on any atom is -0.467 e. The molecule has 3 rings (SSSR count). The SMILES string of the molecule is COC(=O)[C@@H]1CCc2cnccc2N1C(=O)c1cc(Cl)n(C)n1. The van der Waals surface area contributed by atoms with Crippen molar-refractivity contribution in [2.24, 2.45) is 7.05 Å². The second-order valence-electron chi connectivity index (χ2n) is 5.23. The van der Waals surface area contributed by atoms with E-state index in [2.05, 4.69) is 10.1 Å². The third-order valence-corrected chi connectivity index (χ3v) is 4.22. The highest BCUT2D eigenvalue weighted by Crippen LogP contribution is 2.32. The first-order chi connectivity index (χ1) is 11.0. The van der Waals surface area contributed by atoms with Crippen LogP contribution in [-0.4, -0.2) is 39.8 Å². The zero-order valence-corrected chi connectivity index (χ0v) is 13.4. The number of carbonyl (C=O) groups excluding carboxylic acids is 2. The Morgan fingerprint density at radius 2 is 2.22 bits per heavy atom. The first-order valence-electron chi connectivity index (χ1n) is 7.06. The number of hydrogen-bond donors (Lipinski definition) is 0. The number of amides is 1. The van der Waals surface area contributed by atoms with E-state index in [-0.39, 0.29) is 5.69 Å². The first kappa shape index (κ1) is 15.5. The van der Waals surface area contributed by atoms with Crippen LogP contribution in [0.1, 0.15) is 22.5 Å². The van der Waals surface area contributed by atoms with Crippen molar-refractivity contribution in [2.45, 2.75) is 18.9 Å². The fourth-order valence-electron chi connectivity index (χ4n) is 2.72. The van der Waals surface area contributed by atoms with Gasteiger partial charge in [0.1, 0.15) is 11.2 Å². The van der Waals surface area contributed by atoms with Gasteiger partial charge >= 0.3 is 5.97 Å². The van der Waals surface area contributed by atoms with E-state index < -0.39 is 17.9 Å². The molecule has 23 heavy (non-hydrogen) atoms. The Hall–Kier alpha value is -2.41. The van der Waals surface area contributed by atoms with Crippen molar-refractivity contribution in [2.75, 3.05) is 12.0 Å². The summed E-state index contributed by atoms with van der Waals surface area (Å²) in [6, 6.07) is 2.50. The van der Waals surface area contributed by atoms with Gasteiger partial charge in [-0.25, -0.2) is 4.79 Å². The molecule has 0 radical (unpaired) electrons. The van der Waals surface area contributed by atoms with Crippen LogP contribution in [0.3, 0.4) is 0 Å². The Kier molecular flexibility index (Phi) is 4.04. The van der Waals surface area contributed by atoms with Crippen molar-refractivity contribution in [3.8, 4) is 0 Å². The van der Waals surface area contributed by atoms with Crippen molar-refractivity contribution in [3.63, 3.8) is 0 Å². The molecule has 3 heterocycles. The molecule has 1 aliphatic heterocycles. The third-order valence-electron chi connectivity index (χ3n) is 3.87. The maximum atomic E-state index is 12.9. The number of methoxy groups -OCH3 is 1. The number of rotatable bonds is 2. The Morgan fingerprint density at radius 3 is 2.87 bits per heavy atom. The molecule has 0 saturated carbocycles. The maximum absolute atomic E-state index is 12.9. The fraction of sp³-hybridized carbons (Fsp3) is 0.333. The largest absolute Gasteiger partial charge is 0.467 e. The molecule has 0 aromatic carbocycles. The van der Waals surface area contributed by atoms with E-state index in [1.807, 2.05) is 0 Å². The van der Waals surface area contributed by atoms with Crippen molar-refractivity contribution < 1.29 is 14.3 Å². The molecule has 2 aromatic heterocycles. The molecule has 120 valence electrons. The third kappa shape index (κ3) is 2.68. The zero-order chi connectivity index (χ0) is 16.6. The lowest BCUT2D eigenvalue weighted by Gasteiger charge is -2.34. The number of esters is 1. The number of hydrogen-bond acceptors (Lipinski definition) is 5. The van der Waals surface area contributed by atoms with E-state index >= 15 is 0 Å². The van der Waals surface area contributed by atoms with Gasteiger partial charge in [0.15, 0.2) is 5.69 Å². The van der Waals surface area contributed by atoms with Gasteiger partial charge < -0.3 is 4.74 Å². The Bertz CT molecular complexity index is 754. The van der Waals surface area contributed by atoms with Crippen molar-refractivity contribution >= 4 is 29.2 Å². The lowest BCUT2D eigenvalue weighted by atomic mass is 9.96. The molecule has 0 aliphatic carbocycles. The molecule has 0 unspecified atom stereocenters. The Morgan fingerprint density at radius 1 is 1.43 bits per heavy atom. The summed E-state index contributed by atoms with van der Waals surface area (Å²) in [5, 5.41) is 4.45. The fourth-order valence-corrected chi connectivity index (χ4v) is 2.86. The predicted octanol–water partition coefficient (Wildman–Crippen LogP) is 1.60. The normalized spacial score (nSPS) is 16.8. The smallest absolute Gasteiger partial charge is 0.328 e. The van der Waals surface area contributed by atoms with Crippen LogP contribution in [0.15, 0.2) is 24.5 Å². The zero-order valence-electron chi connectivity index (χ0n) is 12.7. The van der Waals surface area contributed by atoms with Gasteiger partial charge in [-0.1, -0.05) is 11.6 Å². The van der Waals surface area contributed by atoms with Gasteiger partial charge in [0.05, 0.1) is 12.8 Å². The molecule has 0 spiro atoms. The van der Waals surface area contributed by atoms with Gasteiger partial charge in [0, 0.05) is 25.5 Å². The highest BCUT2D eigenvalue weighted by Gasteiger charge is 2.37. The number of aryl methyl sites for hydroxylation is 2. The number of ether oxygens (including phenoxy) is 1. The molecule has 0 fully saturated rings. The second-order valence-corrected chi connectivity index (χ2v) is 5.62. The van der Waals surface area contributed by atoms with E-state index in [0.717, 1.165) is 5.56 Å². The topological polar surface area (TPSA) is 77.3 Å². The van der Waals surface area contributed by atoms with Gasteiger partial charge in [-0.2, -0.15) is 5.10 Å². The standard InChI is InChI=1S/C15H15ClN4O3/c1-19-13(16)7-10(18-19)14(21)20-11-5-6-17-8-9(11)3-4-12(20)15(22)23-2/h5-8,12H,3-4H2,1-2H3/t12-/m0/s1. The van der Waals surface area contributed by atoms with E-state index in [0.29, 0.717) is 23.7 Å². The summed E-state index contributed by atoms with van der Waals surface area (Å²) in [5.74, 6) is -0.849. The molecule has 1 amide bonds. The van der Waals surface area contributed by atoms with Crippen LogP contribution in [0.5, 0.6) is 0 Å². The average molecular weight is 335 g/mol. The van der Waals surface area contributed by atoms with Crippen molar-refractivity contribution in [1.29, 1.82) is 0 Å². The number of nitrogens with zero attached hydrogens (tertiary/aromatic N) is 4. The lowest BCUT2D eigenvalue weighted by molar-refractivity contribution is -0.142. The summed E-state index contributed by atoms with van der Waals surface area (Å²) in [4.78, 5) is 30.5. The van der Waals surface area contributed by atoms with E-state index in [4.69, 9.17) is 16.3 Å². The molecule has 1 aliphatic rings. The highest BCUT2D eigenvalue weighted by atomic mass is 35.5. The van der Waals surface area contributed by atoms with Crippen LogP contribution < -0.4 is 4.90 Å². The molecule has 0 saturated heterocycles. The van der Waals surface area contributed by atoms with Crippen LogP contribution in [0.4, 0.5) is 5.69 Å². The molecule has 2 aromatic rings. The average Bonchev–Trinajstić information content (AvgIpc) is 2.91. The van der Waals surface area contributed by atoms with Gasteiger partial charge in [-0.3, -0.25) is 19.4 Å². The second kappa shape index (κ2) is 6.00. The van der Waals surface area contributed by atoms with Crippen LogP contribution >= 0.6 is 11.6 Å². The lowest BCUT2D eigenvalue weighted by Crippen LogP contribution is -2.49. The minimum atomic E-state index is -0.691. The van der Waals surface area contributed by atoms with Crippen LogP contribution in [0.2, 0.25) is 5.15 Å². The van der Waals surface area contributed by atoms with Gasteiger partial charge in [-0.15, -0.1) is 0 Å². The monoisotopic (exact) mass is 334 g/mol. The molecular formula is C15H15ClN4O3. The summed E-state index contributed by atoms with van der Waals surface area (Å²) in [7, 11) is 2.95. The number of halogens is 1. The van der Waals surface area contributed by atoms with Crippen molar-refractivity contribution in [3.05, 3.63) is 40.9 Å². The van der Waals surface area contributed by atoms with E-state index in [9.17, 15) is 9.59 Å². The molecule has 8 heteroatoms. The number of fused-ring (bicyclic) bond motifs is 1. The Balaban J connectivity index is 2.07. The van der Waals surface area contributed by atoms with Gasteiger partial charge in [0.2, 0.25) is 0 Å². The predicted molar refractivity (Wildman–Crippen MR) is 83.4 cm³/mol. The van der Waals surface area contributed by atoms with Gasteiger partial charge in [0.25, 0.3) is 5.91 Å². The number of anilines is 1. The number of pyridine rings is 1. The van der Waals surface area contributed by atoms with Crippen LogP contribution in [0.25, 0.3) is 0 Å².